The van der Waals surface area contributed by atoms with Crippen LogP contribution >= 0.6 is 22.6 Å². The van der Waals surface area contributed by atoms with E-state index in [4.69, 9.17) is 9.72 Å². The Morgan fingerprint density at radius 1 is 1.16 bits per heavy atom. The minimum Gasteiger partial charge on any atom is -0.497 e. The normalized spacial score (nSPS) is 18.6. The van der Waals surface area contributed by atoms with Crippen molar-refractivity contribution in [2.24, 2.45) is 0 Å². The van der Waals surface area contributed by atoms with Crippen molar-refractivity contribution >= 4 is 39.5 Å². The quantitative estimate of drug-likeness (QED) is 0.244. The van der Waals surface area contributed by atoms with Crippen LogP contribution in [-0.4, -0.2) is 46.9 Å². The minimum atomic E-state index is -0.132. The van der Waals surface area contributed by atoms with E-state index in [9.17, 15) is 4.79 Å². The summed E-state index contributed by atoms with van der Waals surface area (Å²) in [6.45, 7) is 1.99. The maximum atomic E-state index is 13.8. The second kappa shape index (κ2) is 7.95. The molecule has 2 atom stereocenters. The summed E-state index contributed by atoms with van der Waals surface area (Å²) in [5.41, 5.74) is 4.05. The first-order valence-electron chi connectivity index (χ1n) is 10.0. The lowest BCUT2D eigenvalue weighted by Gasteiger charge is -2.27. The van der Waals surface area contributed by atoms with E-state index in [2.05, 4.69) is 37.8 Å². The van der Waals surface area contributed by atoms with E-state index in [0.717, 1.165) is 41.0 Å². The molecule has 2 aromatic carbocycles. The molecule has 158 valence electrons. The van der Waals surface area contributed by atoms with Gasteiger partial charge in [0.2, 0.25) is 0 Å². The monoisotopic (exact) mass is 528 g/mol. The Bertz CT molecular complexity index is 1250. The summed E-state index contributed by atoms with van der Waals surface area (Å²) < 4.78 is 5.39. The van der Waals surface area contributed by atoms with Gasteiger partial charge < -0.3 is 14.6 Å². The number of imidazole rings is 1. The van der Waals surface area contributed by atoms with Crippen LogP contribution in [0.3, 0.4) is 0 Å². The highest BCUT2D eigenvalue weighted by Crippen LogP contribution is 2.40. The van der Waals surface area contributed by atoms with Crippen molar-refractivity contribution < 1.29 is 9.53 Å². The number of hydrogen-bond donors (Lipinski definition) is 1. The zero-order valence-electron chi connectivity index (χ0n) is 17.1. The number of nitrogens with zero attached hydrogens (tertiary/aromatic N) is 5. The maximum absolute atomic E-state index is 13.8. The largest absolute Gasteiger partial charge is 0.497 e. The average molecular weight is 528 g/mol. The van der Waals surface area contributed by atoms with Gasteiger partial charge in [-0.3, -0.25) is 4.79 Å². The van der Waals surface area contributed by atoms with Crippen molar-refractivity contribution in [1.82, 2.24) is 29.9 Å². The van der Waals surface area contributed by atoms with Crippen LogP contribution in [0.5, 0.6) is 5.75 Å². The van der Waals surface area contributed by atoms with E-state index < -0.39 is 0 Å². The molecule has 0 unspecified atom stereocenters. The number of aromatic amines is 1. The van der Waals surface area contributed by atoms with Gasteiger partial charge in [0.05, 0.1) is 51.9 Å². The maximum Gasteiger partial charge on any atom is 0.257 e. The number of alkyl halides is 1. The number of benzene rings is 2. The SMILES string of the molecule is COc1ccc2nc([C@@H]3CC[C@@H](I)N3C(=O)c3ccc(C)cc3-n3nccn3)[nH]c2c1. The lowest BCUT2D eigenvalue weighted by atomic mass is 10.1. The van der Waals surface area contributed by atoms with Crippen molar-refractivity contribution in [3.63, 3.8) is 0 Å². The summed E-state index contributed by atoms with van der Waals surface area (Å²) in [4.78, 5) is 25.4. The molecule has 2 aromatic heterocycles. The lowest BCUT2D eigenvalue weighted by molar-refractivity contribution is 0.0720. The fourth-order valence-corrected chi connectivity index (χ4v) is 5.07. The van der Waals surface area contributed by atoms with Gasteiger partial charge >= 0.3 is 0 Å². The number of nitrogens with one attached hydrogen (secondary N) is 1. The number of rotatable bonds is 4. The summed E-state index contributed by atoms with van der Waals surface area (Å²) in [5, 5.41) is 8.48. The Balaban J connectivity index is 1.54. The minimum absolute atomic E-state index is 0.0489. The molecule has 0 aliphatic carbocycles. The number of carbonyl (C=O) groups is 1. The standard InChI is InChI=1S/C22H21IN6O2/c1-13-3-5-15(19(11-13)29-24-9-10-25-29)22(30)28-18(7-8-20(28)23)21-26-16-6-4-14(31-2)12-17(16)27-21/h3-6,9-12,18,20H,7-8H2,1-2H3,(H,26,27)/t18-,20-/m0/s1. The van der Waals surface area contributed by atoms with Gasteiger partial charge in [-0.15, -0.1) is 0 Å². The number of fused-ring (bicyclic) bond motifs is 1. The smallest absolute Gasteiger partial charge is 0.257 e. The molecule has 0 saturated carbocycles. The van der Waals surface area contributed by atoms with Gasteiger partial charge in [0.25, 0.3) is 5.91 Å². The van der Waals surface area contributed by atoms with E-state index in [1.165, 1.54) is 4.80 Å². The van der Waals surface area contributed by atoms with Crippen LogP contribution in [0.15, 0.2) is 48.8 Å². The van der Waals surface area contributed by atoms with Gasteiger partial charge in [-0.05, 0) is 49.6 Å². The van der Waals surface area contributed by atoms with Gasteiger partial charge in [-0.2, -0.15) is 15.0 Å². The molecule has 0 bridgehead atoms. The Morgan fingerprint density at radius 2 is 1.97 bits per heavy atom. The third-order valence-electron chi connectivity index (χ3n) is 5.59. The molecule has 0 radical (unpaired) electrons. The number of hydrogen-bond acceptors (Lipinski definition) is 5. The van der Waals surface area contributed by atoms with Crippen molar-refractivity contribution in [2.75, 3.05) is 7.11 Å². The molecule has 1 amide bonds. The topological polar surface area (TPSA) is 88.9 Å². The van der Waals surface area contributed by atoms with Gasteiger partial charge in [0, 0.05) is 6.07 Å². The molecule has 1 N–H and O–H groups in total. The number of amides is 1. The first kappa shape index (κ1) is 20.0. The van der Waals surface area contributed by atoms with E-state index in [0.29, 0.717) is 11.3 Å². The third-order valence-corrected chi connectivity index (χ3v) is 6.81. The zero-order chi connectivity index (χ0) is 21.5. The second-order valence-electron chi connectivity index (χ2n) is 7.58. The summed E-state index contributed by atoms with van der Waals surface area (Å²) >= 11 is 2.35. The Kier molecular flexibility index (Phi) is 5.12. The van der Waals surface area contributed by atoms with Crippen LogP contribution in [0.25, 0.3) is 16.7 Å². The van der Waals surface area contributed by atoms with E-state index in [-0.39, 0.29) is 16.0 Å². The summed E-state index contributed by atoms with van der Waals surface area (Å²) in [6, 6.07) is 11.4. The van der Waals surface area contributed by atoms with E-state index in [1.807, 2.05) is 48.2 Å². The predicted octanol–water partition coefficient (Wildman–Crippen LogP) is 4.20. The van der Waals surface area contributed by atoms with Crippen molar-refractivity contribution in [2.45, 2.75) is 29.9 Å². The first-order chi connectivity index (χ1) is 15.0. The number of likely N-dealkylation sites (tertiary alicyclic amines) is 1. The highest BCUT2D eigenvalue weighted by Gasteiger charge is 2.39. The number of halogens is 1. The van der Waals surface area contributed by atoms with Crippen LogP contribution in [0.4, 0.5) is 0 Å². The Hall–Kier alpha value is -2.95. The zero-order valence-corrected chi connectivity index (χ0v) is 19.3. The van der Waals surface area contributed by atoms with Crippen LogP contribution in [-0.2, 0) is 0 Å². The van der Waals surface area contributed by atoms with Crippen LogP contribution in [0, 0.1) is 6.92 Å². The number of aryl methyl sites for hydroxylation is 1. The molecule has 3 heterocycles. The number of methoxy groups -OCH3 is 1. The van der Waals surface area contributed by atoms with Crippen LogP contribution in [0.2, 0.25) is 0 Å². The lowest BCUT2D eigenvalue weighted by Crippen LogP contribution is -2.35. The third kappa shape index (κ3) is 3.56. The molecule has 8 nitrogen and oxygen atoms in total. The highest BCUT2D eigenvalue weighted by atomic mass is 127. The summed E-state index contributed by atoms with van der Waals surface area (Å²) in [5.74, 6) is 1.51. The molecule has 0 spiro atoms. The van der Waals surface area contributed by atoms with Gasteiger partial charge in [-0.1, -0.05) is 28.7 Å². The van der Waals surface area contributed by atoms with Gasteiger partial charge in [0.15, 0.2) is 0 Å². The Labute approximate surface area is 192 Å². The first-order valence-corrected chi connectivity index (χ1v) is 11.3. The van der Waals surface area contributed by atoms with Gasteiger partial charge in [0.1, 0.15) is 11.6 Å². The van der Waals surface area contributed by atoms with E-state index >= 15 is 0 Å². The Morgan fingerprint density at radius 3 is 2.74 bits per heavy atom. The average Bonchev–Trinajstić information content (AvgIpc) is 3.51. The molecule has 1 fully saturated rings. The molecule has 5 rings (SSSR count). The van der Waals surface area contributed by atoms with Crippen LogP contribution in [0.1, 0.15) is 40.6 Å². The molecule has 1 aliphatic rings. The number of aromatic nitrogens is 5. The highest BCUT2D eigenvalue weighted by molar-refractivity contribution is 14.1. The molecule has 9 heteroatoms. The van der Waals surface area contributed by atoms with Crippen molar-refractivity contribution in [3.05, 3.63) is 65.7 Å². The molecular weight excluding hydrogens is 507 g/mol. The summed E-state index contributed by atoms with van der Waals surface area (Å²) in [7, 11) is 1.64. The predicted molar refractivity (Wildman–Crippen MR) is 125 cm³/mol. The fraction of sp³-hybridized carbons (Fsp3) is 0.273. The van der Waals surface area contributed by atoms with Crippen molar-refractivity contribution in [1.29, 1.82) is 0 Å². The second-order valence-corrected chi connectivity index (χ2v) is 9.02. The fourth-order valence-electron chi connectivity index (χ4n) is 4.07. The molecule has 1 aliphatic heterocycles. The molecular formula is C22H21IN6O2. The van der Waals surface area contributed by atoms with Gasteiger partial charge in [-0.25, -0.2) is 4.98 Å². The summed E-state index contributed by atoms with van der Waals surface area (Å²) in [6.07, 6.45) is 4.97. The molecule has 4 aromatic rings. The van der Waals surface area contributed by atoms with Crippen molar-refractivity contribution in [3.8, 4) is 11.4 Å². The number of H-pyrrole nitrogens is 1. The number of carbonyl (C=O) groups excluding carboxylic acids is 1. The van der Waals surface area contributed by atoms with E-state index in [1.54, 1.807) is 19.5 Å². The number of ether oxygens (including phenoxy) is 1. The van der Waals surface area contributed by atoms with Crippen LogP contribution < -0.4 is 4.74 Å². The molecule has 1 saturated heterocycles. The molecule has 31 heavy (non-hydrogen) atoms.